The molecule has 0 heterocycles. The Balaban J connectivity index is 1.93. The summed E-state index contributed by atoms with van der Waals surface area (Å²) in [5.41, 5.74) is 0. The third kappa shape index (κ3) is 5.46. The van der Waals surface area contributed by atoms with Crippen LogP contribution in [0.2, 0.25) is 0 Å². The number of rotatable bonds is 6. The van der Waals surface area contributed by atoms with Crippen LogP contribution < -0.4 is 0 Å². The van der Waals surface area contributed by atoms with Gasteiger partial charge in [0.2, 0.25) is 0 Å². The number of carbonyl (C=O) groups is 2. The minimum atomic E-state index is -4.91. The molecule has 0 amide bonds. The van der Waals surface area contributed by atoms with Crippen molar-refractivity contribution in [3.8, 4) is 0 Å². The van der Waals surface area contributed by atoms with E-state index in [-0.39, 0.29) is 12.5 Å². The van der Waals surface area contributed by atoms with Gasteiger partial charge in [0.25, 0.3) is 15.4 Å². The summed E-state index contributed by atoms with van der Waals surface area (Å²) in [6, 6.07) is 0. The van der Waals surface area contributed by atoms with Crippen molar-refractivity contribution in [2.75, 3.05) is 6.61 Å². The van der Waals surface area contributed by atoms with Gasteiger partial charge < -0.3 is 9.47 Å². The molecule has 2 aliphatic carbocycles. The normalized spacial score (nSPS) is 21.8. The van der Waals surface area contributed by atoms with Crippen LogP contribution in [-0.2, 0) is 29.2 Å². The summed E-state index contributed by atoms with van der Waals surface area (Å²) in [5, 5.41) is -2.30. The van der Waals surface area contributed by atoms with Gasteiger partial charge in [0.1, 0.15) is 6.10 Å². The van der Waals surface area contributed by atoms with Crippen molar-refractivity contribution in [3.63, 3.8) is 0 Å². The predicted octanol–water partition coefficient (Wildman–Crippen LogP) is 1.85. The molecule has 0 bridgehead atoms. The number of hydrogen-bond acceptors (Lipinski definition) is 6. The van der Waals surface area contributed by atoms with Gasteiger partial charge in [0.05, 0.1) is 6.61 Å². The lowest BCUT2D eigenvalue weighted by Crippen LogP contribution is -2.42. The van der Waals surface area contributed by atoms with Gasteiger partial charge in [-0.05, 0) is 44.4 Å². The SMILES string of the molecule is O=C(OCC1CCCCC1)C(C(=O)OC1CCCC1)S(=O)(=O)O. The molecule has 23 heavy (non-hydrogen) atoms. The van der Waals surface area contributed by atoms with E-state index in [0.29, 0.717) is 12.8 Å². The van der Waals surface area contributed by atoms with Crippen molar-refractivity contribution in [2.45, 2.75) is 69.1 Å². The van der Waals surface area contributed by atoms with Crippen molar-refractivity contribution < 1.29 is 32.0 Å². The fourth-order valence-corrected chi connectivity index (χ4v) is 3.81. The van der Waals surface area contributed by atoms with Gasteiger partial charge in [-0.15, -0.1) is 0 Å². The molecule has 0 radical (unpaired) electrons. The number of hydrogen-bond donors (Lipinski definition) is 1. The van der Waals surface area contributed by atoms with Gasteiger partial charge >= 0.3 is 11.9 Å². The molecule has 2 fully saturated rings. The lowest BCUT2D eigenvalue weighted by Gasteiger charge is -2.22. The van der Waals surface area contributed by atoms with Crippen molar-refractivity contribution in [3.05, 3.63) is 0 Å². The Kier molecular flexibility index (Phi) is 6.41. The molecule has 0 aromatic rings. The number of ether oxygens (including phenoxy) is 2. The van der Waals surface area contributed by atoms with Crippen LogP contribution in [0.1, 0.15) is 57.8 Å². The zero-order valence-corrected chi connectivity index (χ0v) is 13.9. The Labute approximate surface area is 136 Å². The monoisotopic (exact) mass is 348 g/mol. The highest BCUT2D eigenvalue weighted by Crippen LogP contribution is 2.25. The van der Waals surface area contributed by atoms with E-state index in [1.54, 1.807) is 0 Å². The summed E-state index contributed by atoms with van der Waals surface area (Å²) in [4.78, 5) is 24.0. The number of carbonyl (C=O) groups excluding carboxylic acids is 2. The molecular weight excluding hydrogens is 324 g/mol. The van der Waals surface area contributed by atoms with Crippen LogP contribution in [0.3, 0.4) is 0 Å². The molecule has 0 saturated heterocycles. The van der Waals surface area contributed by atoms with Gasteiger partial charge in [-0.3, -0.25) is 4.55 Å². The van der Waals surface area contributed by atoms with Crippen LogP contribution in [0.25, 0.3) is 0 Å². The van der Waals surface area contributed by atoms with Crippen LogP contribution in [0, 0.1) is 5.92 Å². The van der Waals surface area contributed by atoms with Crippen molar-refractivity contribution >= 4 is 22.1 Å². The van der Waals surface area contributed by atoms with E-state index in [1.807, 2.05) is 0 Å². The summed E-state index contributed by atoms with van der Waals surface area (Å²) in [6.45, 7) is 0.0710. The first-order chi connectivity index (χ1) is 10.9. The van der Waals surface area contributed by atoms with E-state index < -0.39 is 33.4 Å². The first kappa shape index (κ1) is 18.2. The lowest BCUT2D eigenvalue weighted by molar-refractivity contribution is -0.157. The second-order valence-electron chi connectivity index (χ2n) is 6.37. The van der Waals surface area contributed by atoms with E-state index in [4.69, 9.17) is 9.47 Å². The van der Waals surface area contributed by atoms with Crippen LogP contribution in [0.5, 0.6) is 0 Å². The van der Waals surface area contributed by atoms with E-state index in [1.165, 1.54) is 0 Å². The van der Waals surface area contributed by atoms with Crippen molar-refractivity contribution in [1.82, 2.24) is 0 Å². The third-order valence-electron chi connectivity index (χ3n) is 4.50. The Morgan fingerprint density at radius 3 is 2.09 bits per heavy atom. The highest BCUT2D eigenvalue weighted by atomic mass is 32.2. The molecule has 132 valence electrons. The second kappa shape index (κ2) is 8.10. The molecule has 0 aliphatic heterocycles. The summed E-state index contributed by atoms with van der Waals surface area (Å²) >= 11 is 0. The van der Waals surface area contributed by atoms with Crippen molar-refractivity contribution in [1.29, 1.82) is 0 Å². The fourth-order valence-electron chi connectivity index (χ4n) is 3.20. The van der Waals surface area contributed by atoms with E-state index in [2.05, 4.69) is 0 Å². The van der Waals surface area contributed by atoms with E-state index in [9.17, 15) is 22.6 Å². The summed E-state index contributed by atoms with van der Waals surface area (Å²) in [5.74, 6) is -2.31. The predicted molar refractivity (Wildman–Crippen MR) is 81.2 cm³/mol. The molecule has 1 unspecified atom stereocenters. The third-order valence-corrected chi connectivity index (χ3v) is 5.48. The van der Waals surface area contributed by atoms with Gasteiger partial charge in [0, 0.05) is 0 Å². The Morgan fingerprint density at radius 1 is 0.957 bits per heavy atom. The largest absolute Gasteiger partial charge is 0.464 e. The smallest absolute Gasteiger partial charge is 0.338 e. The molecule has 1 N–H and O–H groups in total. The minimum Gasteiger partial charge on any atom is -0.464 e. The molecule has 8 heteroatoms. The van der Waals surface area contributed by atoms with Gasteiger partial charge in [-0.2, -0.15) is 8.42 Å². The fraction of sp³-hybridized carbons (Fsp3) is 0.867. The molecular formula is C15H24O7S. The average Bonchev–Trinajstić information content (AvgIpc) is 2.97. The molecule has 2 aliphatic rings. The van der Waals surface area contributed by atoms with Crippen molar-refractivity contribution in [2.24, 2.45) is 5.92 Å². The lowest BCUT2D eigenvalue weighted by atomic mass is 9.90. The molecule has 7 nitrogen and oxygen atoms in total. The topological polar surface area (TPSA) is 107 Å². The first-order valence-electron chi connectivity index (χ1n) is 8.21. The van der Waals surface area contributed by atoms with Gasteiger partial charge in [-0.1, -0.05) is 19.3 Å². The summed E-state index contributed by atoms with van der Waals surface area (Å²) < 4.78 is 42.0. The van der Waals surface area contributed by atoms with Crippen LogP contribution in [0.15, 0.2) is 0 Å². The van der Waals surface area contributed by atoms with E-state index in [0.717, 1.165) is 44.9 Å². The Hall–Kier alpha value is -1.15. The zero-order chi connectivity index (χ0) is 16.9. The molecule has 0 aromatic heterocycles. The molecule has 1 atom stereocenters. The van der Waals surface area contributed by atoms with Crippen LogP contribution in [0.4, 0.5) is 0 Å². The first-order valence-corrected chi connectivity index (χ1v) is 9.71. The Morgan fingerprint density at radius 2 is 1.52 bits per heavy atom. The second-order valence-corrected chi connectivity index (χ2v) is 7.87. The molecule has 2 saturated carbocycles. The minimum absolute atomic E-state index is 0.0710. The van der Waals surface area contributed by atoms with Gasteiger partial charge in [0.15, 0.2) is 0 Å². The maximum absolute atomic E-state index is 12.0. The molecule has 2 rings (SSSR count). The van der Waals surface area contributed by atoms with Crippen LogP contribution in [-0.4, -0.2) is 42.9 Å². The van der Waals surface area contributed by atoms with E-state index >= 15 is 0 Å². The molecule has 0 spiro atoms. The Bertz CT molecular complexity index is 516. The molecule has 0 aromatic carbocycles. The highest BCUT2D eigenvalue weighted by Gasteiger charge is 2.43. The summed E-state index contributed by atoms with van der Waals surface area (Å²) in [6.07, 6.45) is 7.74. The standard InChI is InChI=1S/C15H24O7S/c16-14(21-10-11-6-2-1-3-7-11)13(23(18,19)20)15(17)22-12-8-4-5-9-12/h11-13H,1-10H2,(H,18,19,20). The number of esters is 2. The quantitative estimate of drug-likeness (QED) is 0.443. The highest BCUT2D eigenvalue weighted by molar-refractivity contribution is 7.88. The van der Waals surface area contributed by atoms with Gasteiger partial charge in [-0.25, -0.2) is 9.59 Å². The average molecular weight is 348 g/mol. The maximum atomic E-state index is 12.0. The maximum Gasteiger partial charge on any atom is 0.338 e. The van der Waals surface area contributed by atoms with Crippen LogP contribution >= 0.6 is 0 Å². The summed E-state index contributed by atoms with van der Waals surface area (Å²) in [7, 11) is -4.91. The zero-order valence-electron chi connectivity index (χ0n) is 13.1.